The van der Waals surface area contributed by atoms with Crippen molar-refractivity contribution in [2.45, 2.75) is 11.7 Å². The van der Waals surface area contributed by atoms with E-state index in [1.807, 2.05) is 65.4 Å². The fourth-order valence-corrected chi connectivity index (χ4v) is 6.22. The Hall–Kier alpha value is -3.20. The minimum absolute atomic E-state index is 0.109. The first kappa shape index (κ1) is 21.6. The van der Waals surface area contributed by atoms with Gasteiger partial charge in [0.15, 0.2) is 5.16 Å². The van der Waals surface area contributed by atoms with Gasteiger partial charge in [-0.3, -0.25) is 14.2 Å². The number of nitrogens with one attached hydrogen (secondary N) is 1. The fraction of sp³-hybridized carbons (Fsp3) is 0.0800. The lowest BCUT2D eigenvalue weighted by molar-refractivity contribution is -0.113. The summed E-state index contributed by atoms with van der Waals surface area (Å²) in [5.41, 5.74) is 1.54. The second-order valence-electron chi connectivity index (χ2n) is 7.30. The molecule has 5 nitrogen and oxygen atoms in total. The molecule has 0 fully saturated rings. The normalized spacial score (nSPS) is 11.2. The molecule has 8 heteroatoms. The van der Waals surface area contributed by atoms with Gasteiger partial charge in [-0.2, -0.15) is 0 Å². The van der Waals surface area contributed by atoms with Crippen molar-refractivity contribution in [3.05, 3.63) is 88.4 Å². The molecule has 3 aromatic heterocycles. The summed E-state index contributed by atoms with van der Waals surface area (Å²) < 4.78 is 1.59. The molecule has 0 aliphatic carbocycles. The monoisotopic (exact) mass is 489 g/mol. The smallest absolute Gasteiger partial charge is 0.263 e. The molecule has 164 valence electrons. The fourth-order valence-electron chi connectivity index (χ4n) is 3.61. The molecule has 5 rings (SSSR count). The van der Waals surface area contributed by atoms with E-state index in [4.69, 9.17) is 4.98 Å². The lowest BCUT2D eigenvalue weighted by Crippen LogP contribution is -2.23. The molecule has 0 aliphatic rings. The van der Waals surface area contributed by atoms with Crippen molar-refractivity contribution in [1.29, 1.82) is 0 Å². The maximum atomic E-state index is 13.3. The van der Waals surface area contributed by atoms with E-state index >= 15 is 0 Å². The van der Waals surface area contributed by atoms with Crippen LogP contribution in [0.15, 0.2) is 88.0 Å². The van der Waals surface area contributed by atoms with Crippen LogP contribution in [-0.2, 0) is 11.3 Å². The van der Waals surface area contributed by atoms with Gasteiger partial charge in [0, 0.05) is 28.1 Å². The summed E-state index contributed by atoms with van der Waals surface area (Å²) >= 11 is 4.30. The number of fused-ring (bicyclic) bond motifs is 2. The first-order valence-corrected chi connectivity index (χ1v) is 13.0. The molecule has 0 saturated heterocycles. The number of thiophene rings is 2. The highest BCUT2D eigenvalue weighted by Crippen LogP contribution is 2.34. The lowest BCUT2D eigenvalue weighted by atomic mass is 10.1. The van der Waals surface area contributed by atoms with Crippen molar-refractivity contribution in [1.82, 2.24) is 9.55 Å². The number of allylic oxidation sites excluding steroid dienone is 1. The second-order valence-corrected chi connectivity index (χ2v) is 10.1. The summed E-state index contributed by atoms with van der Waals surface area (Å²) in [5, 5.41) is 10.2. The molecular weight excluding hydrogens is 470 g/mol. The number of hydrogen-bond acceptors (Lipinski definition) is 6. The first-order valence-electron chi connectivity index (χ1n) is 10.2. The summed E-state index contributed by atoms with van der Waals surface area (Å²) in [7, 11) is 0. The van der Waals surface area contributed by atoms with Crippen LogP contribution in [-0.4, -0.2) is 21.2 Å². The highest BCUT2D eigenvalue weighted by molar-refractivity contribution is 7.99. The van der Waals surface area contributed by atoms with Crippen LogP contribution in [0.4, 0.5) is 5.69 Å². The van der Waals surface area contributed by atoms with E-state index < -0.39 is 0 Å². The number of benzene rings is 2. The van der Waals surface area contributed by atoms with Crippen molar-refractivity contribution in [3.63, 3.8) is 0 Å². The molecule has 33 heavy (non-hydrogen) atoms. The van der Waals surface area contributed by atoms with Crippen LogP contribution in [0.3, 0.4) is 0 Å². The second kappa shape index (κ2) is 9.35. The van der Waals surface area contributed by atoms with Crippen molar-refractivity contribution in [2.75, 3.05) is 11.1 Å². The van der Waals surface area contributed by atoms with Crippen LogP contribution >= 0.6 is 34.4 Å². The van der Waals surface area contributed by atoms with Gasteiger partial charge in [-0.05, 0) is 34.4 Å². The van der Waals surface area contributed by atoms with E-state index in [-0.39, 0.29) is 17.2 Å². The number of nitrogens with zero attached hydrogens (tertiary/aromatic N) is 2. The Kier molecular flexibility index (Phi) is 6.13. The molecule has 0 unspecified atom stereocenters. The summed E-state index contributed by atoms with van der Waals surface area (Å²) in [5.74, 6) is -0.00864. The van der Waals surface area contributed by atoms with Crippen molar-refractivity contribution in [2.24, 2.45) is 0 Å². The molecule has 5 aromatic rings. The molecule has 1 amide bonds. The minimum Gasteiger partial charge on any atom is -0.325 e. The minimum atomic E-state index is -0.153. The predicted octanol–water partition coefficient (Wildman–Crippen LogP) is 6.26. The topological polar surface area (TPSA) is 64.0 Å². The first-order chi connectivity index (χ1) is 16.1. The molecule has 0 atom stereocenters. The molecular formula is C25H19N3O2S3. The molecule has 0 saturated carbocycles. The SMILES string of the molecule is C=CCn1c(SCC(=O)Nc2ccc3ccccc3c2)nc2scc(-c3cccs3)c2c1=O. The molecule has 3 heterocycles. The largest absolute Gasteiger partial charge is 0.325 e. The van der Waals surface area contributed by atoms with E-state index in [9.17, 15) is 9.59 Å². The predicted molar refractivity (Wildman–Crippen MR) is 141 cm³/mol. The van der Waals surface area contributed by atoms with Gasteiger partial charge in [0.1, 0.15) is 4.83 Å². The summed E-state index contributed by atoms with van der Waals surface area (Å²) in [6.07, 6.45) is 1.67. The van der Waals surface area contributed by atoms with E-state index in [1.54, 1.807) is 22.0 Å². The third-order valence-corrected chi connectivity index (χ3v) is 7.87. The number of rotatable bonds is 7. The van der Waals surface area contributed by atoms with Gasteiger partial charge in [0.25, 0.3) is 5.56 Å². The van der Waals surface area contributed by atoms with Gasteiger partial charge >= 0.3 is 0 Å². The Bertz CT molecular complexity index is 1530. The Labute approximate surface area is 202 Å². The van der Waals surface area contributed by atoms with Crippen LogP contribution in [0, 0.1) is 0 Å². The standard InChI is InChI=1S/C25H19N3O2S3/c1-2-11-28-24(30)22-19(20-8-5-12-31-20)14-32-23(22)27-25(28)33-15-21(29)26-18-10-9-16-6-3-4-7-17(16)13-18/h2-10,12-14H,1,11,15H2,(H,26,29). The number of carbonyl (C=O) groups is 1. The highest BCUT2D eigenvalue weighted by atomic mass is 32.2. The molecule has 0 bridgehead atoms. The Morgan fingerprint density at radius 1 is 1.12 bits per heavy atom. The summed E-state index contributed by atoms with van der Waals surface area (Å²) in [4.78, 5) is 32.4. The van der Waals surface area contributed by atoms with Gasteiger partial charge in [0.2, 0.25) is 5.91 Å². The lowest BCUT2D eigenvalue weighted by Gasteiger charge is -2.11. The average molecular weight is 490 g/mol. The van der Waals surface area contributed by atoms with Crippen molar-refractivity contribution >= 4 is 67.0 Å². The third-order valence-electron chi connectivity index (χ3n) is 5.12. The quantitative estimate of drug-likeness (QED) is 0.167. The van der Waals surface area contributed by atoms with Crippen LogP contribution in [0.2, 0.25) is 0 Å². The number of anilines is 1. The Morgan fingerprint density at radius 2 is 1.97 bits per heavy atom. The number of hydrogen-bond donors (Lipinski definition) is 1. The highest BCUT2D eigenvalue weighted by Gasteiger charge is 2.18. The van der Waals surface area contributed by atoms with E-state index in [1.165, 1.54) is 23.1 Å². The van der Waals surface area contributed by atoms with Gasteiger partial charge in [-0.25, -0.2) is 4.98 Å². The van der Waals surface area contributed by atoms with Crippen LogP contribution in [0.1, 0.15) is 0 Å². The zero-order chi connectivity index (χ0) is 22.8. The van der Waals surface area contributed by atoms with E-state index in [0.29, 0.717) is 21.9 Å². The number of thioether (sulfide) groups is 1. The summed E-state index contributed by atoms with van der Waals surface area (Å²) in [6, 6.07) is 17.8. The van der Waals surface area contributed by atoms with Crippen LogP contribution < -0.4 is 10.9 Å². The van der Waals surface area contributed by atoms with Crippen LogP contribution in [0.5, 0.6) is 0 Å². The van der Waals surface area contributed by atoms with Gasteiger partial charge in [0.05, 0.1) is 11.1 Å². The van der Waals surface area contributed by atoms with Gasteiger partial charge in [-0.15, -0.1) is 29.3 Å². The van der Waals surface area contributed by atoms with E-state index in [0.717, 1.165) is 26.9 Å². The zero-order valence-electron chi connectivity index (χ0n) is 17.5. The summed E-state index contributed by atoms with van der Waals surface area (Å²) in [6.45, 7) is 4.11. The molecule has 2 aromatic carbocycles. The van der Waals surface area contributed by atoms with Gasteiger partial charge < -0.3 is 5.32 Å². The van der Waals surface area contributed by atoms with Gasteiger partial charge in [-0.1, -0.05) is 54.2 Å². The van der Waals surface area contributed by atoms with Crippen molar-refractivity contribution < 1.29 is 4.79 Å². The number of carbonyl (C=O) groups excluding carboxylic acids is 1. The molecule has 0 spiro atoms. The zero-order valence-corrected chi connectivity index (χ0v) is 19.9. The Balaban J connectivity index is 1.39. The Morgan fingerprint density at radius 3 is 2.76 bits per heavy atom. The number of aromatic nitrogens is 2. The maximum Gasteiger partial charge on any atom is 0.263 e. The molecule has 0 radical (unpaired) electrons. The van der Waals surface area contributed by atoms with Crippen LogP contribution in [0.25, 0.3) is 31.4 Å². The third kappa shape index (κ3) is 4.37. The molecule has 1 N–H and O–H groups in total. The molecule has 0 aliphatic heterocycles. The van der Waals surface area contributed by atoms with Crippen molar-refractivity contribution in [3.8, 4) is 10.4 Å². The number of amides is 1. The average Bonchev–Trinajstić information content (AvgIpc) is 3.50. The maximum absolute atomic E-state index is 13.3. The van der Waals surface area contributed by atoms with E-state index in [2.05, 4.69) is 11.9 Å².